The van der Waals surface area contributed by atoms with Crippen LogP contribution in [0.2, 0.25) is 0 Å². The molecule has 118 valence electrons. The van der Waals surface area contributed by atoms with E-state index in [9.17, 15) is 9.59 Å². The molecule has 1 aromatic carbocycles. The standard InChI is InChI=1S/C15H21N5O2/c1-20(2)12-5-3-11(4-6-12)10-18-19-14(21)9-13-15(22)17-8-7-16-13/h3-6,10,13,16H,7-9H2,1-2H3,(H,17,22)(H,19,21). The smallest absolute Gasteiger partial charge is 0.242 e. The maximum Gasteiger partial charge on any atom is 0.242 e. The van der Waals surface area contributed by atoms with Crippen LogP contribution < -0.4 is 21.0 Å². The van der Waals surface area contributed by atoms with Gasteiger partial charge in [0.15, 0.2) is 0 Å². The second kappa shape index (κ2) is 7.56. The zero-order chi connectivity index (χ0) is 15.9. The van der Waals surface area contributed by atoms with E-state index in [1.165, 1.54) is 0 Å². The fraction of sp³-hybridized carbons (Fsp3) is 0.400. The molecule has 1 aromatic rings. The van der Waals surface area contributed by atoms with Gasteiger partial charge in [-0.05, 0) is 17.7 Å². The molecule has 1 aliphatic rings. The summed E-state index contributed by atoms with van der Waals surface area (Å²) < 4.78 is 0. The molecule has 1 aliphatic heterocycles. The first kappa shape index (κ1) is 16.0. The van der Waals surface area contributed by atoms with Crippen LogP contribution in [-0.4, -0.2) is 51.3 Å². The van der Waals surface area contributed by atoms with E-state index in [-0.39, 0.29) is 18.2 Å². The van der Waals surface area contributed by atoms with Crippen molar-refractivity contribution in [2.45, 2.75) is 12.5 Å². The number of hydrogen-bond acceptors (Lipinski definition) is 5. The van der Waals surface area contributed by atoms with Crippen molar-refractivity contribution >= 4 is 23.7 Å². The van der Waals surface area contributed by atoms with Crippen molar-refractivity contribution < 1.29 is 9.59 Å². The Balaban J connectivity index is 1.81. The molecule has 1 heterocycles. The van der Waals surface area contributed by atoms with E-state index in [1.54, 1.807) is 6.21 Å². The third-order valence-electron chi connectivity index (χ3n) is 3.33. The Bertz CT molecular complexity index is 554. The van der Waals surface area contributed by atoms with Gasteiger partial charge in [0.05, 0.1) is 18.7 Å². The van der Waals surface area contributed by atoms with E-state index in [0.29, 0.717) is 13.1 Å². The molecule has 2 amide bonds. The van der Waals surface area contributed by atoms with Crippen LogP contribution in [-0.2, 0) is 9.59 Å². The average Bonchev–Trinajstić information content (AvgIpc) is 2.50. The first-order chi connectivity index (χ1) is 10.6. The van der Waals surface area contributed by atoms with E-state index in [0.717, 1.165) is 11.3 Å². The van der Waals surface area contributed by atoms with Crippen molar-refractivity contribution in [3.8, 4) is 0 Å². The summed E-state index contributed by atoms with van der Waals surface area (Å²) in [5, 5.41) is 9.61. The second-order valence-corrected chi connectivity index (χ2v) is 5.28. The summed E-state index contributed by atoms with van der Waals surface area (Å²) in [6, 6.07) is 7.30. The fourth-order valence-electron chi connectivity index (χ4n) is 2.08. The van der Waals surface area contributed by atoms with E-state index in [4.69, 9.17) is 0 Å². The number of nitrogens with zero attached hydrogens (tertiary/aromatic N) is 2. The minimum absolute atomic E-state index is 0.0722. The lowest BCUT2D eigenvalue weighted by Gasteiger charge is -2.22. The molecular weight excluding hydrogens is 282 g/mol. The van der Waals surface area contributed by atoms with Gasteiger partial charge in [-0.25, -0.2) is 5.43 Å². The third kappa shape index (κ3) is 4.56. The Labute approximate surface area is 129 Å². The highest BCUT2D eigenvalue weighted by molar-refractivity contribution is 5.89. The summed E-state index contributed by atoms with van der Waals surface area (Å²) in [5.41, 5.74) is 4.42. The van der Waals surface area contributed by atoms with Gasteiger partial charge in [0.2, 0.25) is 11.8 Å². The molecule has 3 N–H and O–H groups in total. The normalized spacial score (nSPS) is 18.1. The topological polar surface area (TPSA) is 85.8 Å². The summed E-state index contributed by atoms with van der Waals surface area (Å²) in [4.78, 5) is 25.3. The number of carbonyl (C=O) groups is 2. The van der Waals surface area contributed by atoms with Gasteiger partial charge < -0.3 is 15.5 Å². The van der Waals surface area contributed by atoms with Gasteiger partial charge in [0, 0.05) is 32.9 Å². The van der Waals surface area contributed by atoms with Gasteiger partial charge in [-0.3, -0.25) is 9.59 Å². The molecule has 1 saturated heterocycles. The first-order valence-electron chi connectivity index (χ1n) is 7.16. The molecule has 22 heavy (non-hydrogen) atoms. The molecule has 7 nitrogen and oxygen atoms in total. The van der Waals surface area contributed by atoms with Crippen molar-refractivity contribution in [3.05, 3.63) is 29.8 Å². The van der Waals surface area contributed by atoms with Crippen molar-refractivity contribution in [3.63, 3.8) is 0 Å². The van der Waals surface area contributed by atoms with Gasteiger partial charge in [0.25, 0.3) is 0 Å². The Morgan fingerprint density at radius 1 is 1.36 bits per heavy atom. The Hall–Kier alpha value is -2.41. The highest BCUT2D eigenvalue weighted by Crippen LogP contribution is 2.10. The summed E-state index contributed by atoms with van der Waals surface area (Å²) >= 11 is 0. The van der Waals surface area contributed by atoms with Crippen molar-refractivity contribution in [2.75, 3.05) is 32.1 Å². The van der Waals surface area contributed by atoms with Crippen molar-refractivity contribution in [2.24, 2.45) is 5.10 Å². The maximum atomic E-state index is 11.7. The van der Waals surface area contributed by atoms with Crippen LogP contribution in [0.25, 0.3) is 0 Å². The number of amides is 2. The lowest BCUT2D eigenvalue weighted by Crippen LogP contribution is -2.54. The molecule has 0 bridgehead atoms. The Morgan fingerprint density at radius 2 is 2.09 bits per heavy atom. The molecule has 0 aliphatic carbocycles. The van der Waals surface area contributed by atoms with Crippen LogP contribution in [0.1, 0.15) is 12.0 Å². The molecule has 1 unspecified atom stereocenters. The molecule has 0 radical (unpaired) electrons. The van der Waals surface area contributed by atoms with Gasteiger partial charge in [-0.1, -0.05) is 12.1 Å². The van der Waals surface area contributed by atoms with E-state index in [1.807, 2.05) is 43.3 Å². The molecule has 0 spiro atoms. The first-order valence-corrected chi connectivity index (χ1v) is 7.16. The van der Waals surface area contributed by atoms with E-state index >= 15 is 0 Å². The quantitative estimate of drug-likeness (QED) is 0.514. The number of anilines is 1. The molecule has 7 heteroatoms. The predicted molar refractivity (Wildman–Crippen MR) is 85.9 cm³/mol. The van der Waals surface area contributed by atoms with E-state index in [2.05, 4.69) is 21.2 Å². The third-order valence-corrected chi connectivity index (χ3v) is 3.33. The number of nitrogens with one attached hydrogen (secondary N) is 3. The number of carbonyl (C=O) groups excluding carboxylic acids is 2. The number of rotatable bonds is 5. The lowest BCUT2D eigenvalue weighted by atomic mass is 10.1. The highest BCUT2D eigenvalue weighted by Gasteiger charge is 2.23. The SMILES string of the molecule is CN(C)c1ccc(C=NNC(=O)CC2NCCNC2=O)cc1. The average molecular weight is 303 g/mol. The Kier molecular flexibility index (Phi) is 5.48. The van der Waals surface area contributed by atoms with Crippen LogP contribution in [0.3, 0.4) is 0 Å². The van der Waals surface area contributed by atoms with Crippen LogP contribution in [0.4, 0.5) is 5.69 Å². The van der Waals surface area contributed by atoms with Crippen LogP contribution in [0.5, 0.6) is 0 Å². The minimum atomic E-state index is -0.483. The highest BCUT2D eigenvalue weighted by atomic mass is 16.2. The summed E-state index contributed by atoms with van der Waals surface area (Å²) in [5.74, 6) is -0.444. The van der Waals surface area contributed by atoms with Crippen LogP contribution in [0.15, 0.2) is 29.4 Å². The number of hydrazone groups is 1. The monoisotopic (exact) mass is 303 g/mol. The van der Waals surface area contributed by atoms with Gasteiger partial charge in [-0.15, -0.1) is 0 Å². The number of benzene rings is 1. The number of piperazine rings is 1. The fourth-order valence-corrected chi connectivity index (χ4v) is 2.08. The second-order valence-electron chi connectivity index (χ2n) is 5.28. The molecule has 1 atom stereocenters. The zero-order valence-electron chi connectivity index (χ0n) is 12.8. The minimum Gasteiger partial charge on any atom is -0.378 e. The summed E-state index contributed by atoms with van der Waals surface area (Å²) in [7, 11) is 3.94. The number of hydrogen-bond donors (Lipinski definition) is 3. The molecule has 0 aromatic heterocycles. The Morgan fingerprint density at radius 3 is 2.73 bits per heavy atom. The van der Waals surface area contributed by atoms with Gasteiger partial charge >= 0.3 is 0 Å². The zero-order valence-corrected chi connectivity index (χ0v) is 12.8. The van der Waals surface area contributed by atoms with Gasteiger partial charge in [0.1, 0.15) is 0 Å². The summed E-state index contributed by atoms with van der Waals surface area (Å²) in [6.07, 6.45) is 1.65. The largest absolute Gasteiger partial charge is 0.378 e. The lowest BCUT2D eigenvalue weighted by molar-refractivity contribution is -0.129. The molecule has 0 saturated carbocycles. The molecule has 2 rings (SSSR count). The maximum absolute atomic E-state index is 11.7. The summed E-state index contributed by atoms with van der Waals surface area (Å²) in [6.45, 7) is 1.27. The molecule has 1 fully saturated rings. The van der Waals surface area contributed by atoms with Crippen molar-refractivity contribution in [1.29, 1.82) is 0 Å². The van der Waals surface area contributed by atoms with Crippen LogP contribution in [0, 0.1) is 0 Å². The van der Waals surface area contributed by atoms with Crippen molar-refractivity contribution in [1.82, 2.24) is 16.1 Å². The van der Waals surface area contributed by atoms with Crippen LogP contribution >= 0.6 is 0 Å². The molecular formula is C15H21N5O2. The van der Waals surface area contributed by atoms with Gasteiger partial charge in [-0.2, -0.15) is 5.10 Å². The predicted octanol–water partition coefficient (Wildman–Crippen LogP) is -0.319. The van der Waals surface area contributed by atoms with E-state index < -0.39 is 6.04 Å².